The Kier molecular flexibility index (Phi) is 4.36. The van der Waals surface area contributed by atoms with E-state index < -0.39 is 0 Å². The van der Waals surface area contributed by atoms with Gasteiger partial charge in [-0.25, -0.2) is 4.98 Å². The van der Waals surface area contributed by atoms with Crippen LogP contribution in [-0.4, -0.2) is 16.1 Å². The molecule has 120 valence electrons. The minimum absolute atomic E-state index is 0.0387. The molecule has 2 heterocycles. The Hall–Kier alpha value is -2.11. The minimum atomic E-state index is -0.0659. The first-order chi connectivity index (χ1) is 11.8. The highest BCUT2D eigenvalue weighted by Gasteiger charge is 2.28. The molecule has 1 aliphatic heterocycles. The highest BCUT2D eigenvalue weighted by Crippen LogP contribution is 2.37. The smallest absolute Gasteiger partial charge is 0.239 e. The molecule has 2 aromatic carbocycles. The number of hydrogen-bond acceptors (Lipinski definition) is 4. The molecule has 1 N–H and O–H groups in total. The number of anilines is 1. The molecule has 3 nitrogen and oxygen atoms in total. The number of carbonyl (C=O) groups is 1. The number of nitrogens with zero attached hydrogens (tertiary/aromatic N) is 1. The lowest BCUT2D eigenvalue weighted by atomic mass is 10.1. The number of rotatable bonds is 4. The highest BCUT2D eigenvalue weighted by molar-refractivity contribution is 8.01. The third-order valence-electron chi connectivity index (χ3n) is 3.94. The Morgan fingerprint density at radius 2 is 1.92 bits per heavy atom. The molecule has 0 saturated carbocycles. The molecule has 0 radical (unpaired) electrons. The fraction of sp³-hybridized carbons (Fsp3) is 0.158. The van der Waals surface area contributed by atoms with Crippen LogP contribution in [0.2, 0.25) is 0 Å². The number of hydrogen-bond donors (Lipinski definition) is 1. The van der Waals surface area contributed by atoms with Gasteiger partial charge in [-0.15, -0.1) is 23.1 Å². The van der Waals surface area contributed by atoms with Gasteiger partial charge in [-0.05, 0) is 23.6 Å². The van der Waals surface area contributed by atoms with Crippen LogP contribution in [0.15, 0.2) is 65.7 Å². The van der Waals surface area contributed by atoms with Gasteiger partial charge in [-0.2, -0.15) is 0 Å². The summed E-state index contributed by atoms with van der Waals surface area (Å²) in [5.41, 5.74) is 2.51. The van der Waals surface area contributed by atoms with Crippen LogP contribution in [0.1, 0.15) is 16.0 Å². The lowest BCUT2D eigenvalue weighted by Gasteiger charge is -2.07. The number of thiazole rings is 1. The van der Waals surface area contributed by atoms with Gasteiger partial charge in [0.1, 0.15) is 0 Å². The van der Waals surface area contributed by atoms with Crippen molar-refractivity contribution in [1.29, 1.82) is 0 Å². The number of nitrogens with one attached hydrogen (secondary N) is 1. The van der Waals surface area contributed by atoms with Crippen molar-refractivity contribution in [2.45, 2.75) is 23.0 Å². The molecule has 0 spiro atoms. The van der Waals surface area contributed by atoms with Crippen molar-refractivity contribution in [1.82, 2.24) is 4.98 Å². The largest absolute Gasteiger partial charge is 0.301 e. The number of amides is 1. The van der Waals surface area contributed by atoms with Crippen molar-refractivity contribution >= 4 is 34.1 Å². The molecule has 1 unspecified atom stereocenters. The van der Waals surface area contributed by atoms with Crippen molar-refractivity contribution in [3.05, 3.63) is 76.8 Å². The molecule has 24 heavy (non-hydrogen) atoms. The van der Waals surface area contributed by atoms with Gasteiger partial charge in [0.15, 0.2) is 5.13 Å². The predicted octanol–water partition coefficient (Wildman–Crippen LogP) is 4.39. The van der Waals surface area contributed by atoms with Gasteiger partial charge in [0.2, 0.25) is 5.91 Å². The van der Waals surface area contributed by atoms with Gasteiger partial charge >= 0.3 is 0 Å². The van der Waals surface area contributed by atoms with Gasteiger partial charge in [0.25, 0.3) is 0 Å². The monoisotopic (exact) mass is 352 g/mol. The summed E-state index contributed by atoms with van der Waals surface area (Å²) in [6, 6.07) is 18.5. The van der Waals surface area contributed by atoms with E-state index in [1.807, 2.05) is 36.5 Å². The predicted molar refractivity (Wildman–Crippen MR) is 99.8 cm³/mol. The van der Waals surface area contributed by atoms with Gasteiger partial charge < -0.3 is 5.32 Å². The zero-order chi connectivity index (χ0) is 16.4. The Morgan fingerprint density at radius 3 is 2.75 bits per heavy atom. The van der Waals surface area contributed by atoms with E-state index in [4.69, 9.17) is 0 Å². The first-order valence-corrected chi connectivity index (χ1v) is 9.51. The lowest BCUT2D eigenvalue weighted by molar-refractivity contribution is -0.115. The summed E-state index contributed by atoms with van der Waals surface area (Å²) in [4.78, 5) is 19.2. The van der Waals surface area contributed by atoms with Gasteiger partial charge in [-0.1, -0.05) is 48.5 Å². The van der Waals surface area contributed by atoms with E-state index in [9.17, 15) is 4.79 Å². The standard InChI is InChI=1S/C19H16N2OS2/c22-18(17-11-14-8-4-5-9-16(14)24-17)21-19-20-12-15(23-19)10-13-6-2-1-3-7-13/h1-9,12,17H,10-11H2,(H,20,21,22). The molecule has 1 aliphatic rings. The van der Waals surface area contributed by atoms with Crippen LogP contribution >= 0.6 is 23.1 Å². The first-order valence-electron chi connectivity index (χ1n) is 7.82. The maximum atomic E-state index is 12.5. The average molecular weight is 352 g/mol. The van der Waals surface area contributed by atoms with E-state index in [2.05, 4.69) is 34.6 Å². The molecule has 0 saturated heterocycles. The van der Waals surface area contributed by atoms with Crippen LogP contribution < -0.4 is 5.32 Å². The summed E-state index contributed by atoms with van der Waals surface area (Å²) < 4.78 is 0. The van der Waals surface area contributed by atoms with E-state index in [1.165, 1.54) is 16.0 Å². The number of benzene rings is 2. The van der Waals surface area contributed by atoms with Crippen LogP contribution in [0.25, 0.3) is 0 Å². The van der Waals surface area contributed by atoms with Crippen molar-refractivity contribution in [2.75, 3.05) is 5.32 Å². The van der Waals surface area contributed by atoms with E-state index in [0.717, 1.165) is 17.7 Å². The Balaban J connectivity index is 1.39. The second-order valence-electron chi connectivity index (χ2n) is 5.70. The fourth-order valence-electron chi connectivity index (χ4n) is 2.76. The zero-order valence-corrected chi connectivity index (χ0v) is 14.6. The third-order valence-corrected chi connectivity index (χ3v) is 6.17. The molecule has 0 aliphatic carbocycles. The van der Waals surface area contributed by atoms with E-state index in [0.29, 0.717) is 5.13 Å². The maximum Gasteiger partial charge on any atom is 0.239 e. The van der Waals surface area contributed by atoms with Crippen LogP contribution in [0.4, 0.5) is 5.13 Å². The molecule has 4 rings (SSSR count). The molecular weight excluding hydrogens is 336 g/mol. The SMILES string of the molecule is O=C(Nc1ncc(Cc2ccccc2)s1)C1Cc2ccccc2S1. The third kappa shape index (κ3) is 3.37. The van der Waals surface area contributed by atoms with Crippen LogP contribution in [-0.2, 0) is 17.6 Å². The topological polar surface area (TPSA) is 42.0 Å². The number of fused-ring (bicyclic) bond motifs is 1. The summed E-state index contributed by atoms with van der Waals surface area (Å²) in [7, 11) is 0. The van der Waals surface area contributed by atoms with Crippen molar-refractivity contribution in [2.24, 2.45) is 0 Å². The molecule has 3 aromatic rings. The Morgan fingerprint density at radius 1 is 1.12 bits per heavy atom. The molecule has 0 bridgehead atoms. The number of aromatic nitrogens is 1. The normalized spacial score (nSPS) is 15.9. The molecule has 1 aromatic heterocycles. The Bertz CT molecular complexity index is 836. The zero-order valence-electron chi connectivity index (χ0n) is 12.9. The number of thioether (sulfide) groups is 1. The van der Waals surface area contributed by atoms with Gasteiger partial charge in [-0.3, -0.25) is 4.79 Å². The van der Waals surface area contributed by atoms with Crippen LogP contribution in [0.5, 0.6) is 0 Å². The van der Waals surface area contributed by atoms with E-state index in [1.54, 1.807) is 23.1 Å². The fourth-order valence-corrected chi connectivity index (χ4v) is 4.80. The van der Waals surface area contributed by atoms with Crippen molar-refractivity contribution in [3.63, 3.8) is 0 Å². The van der Waals surface area contributed by atoms with E-state index in [-0.39, 0.29) is 11.2 Å². The average Bonchev–Trinajstić information content (AvgIpc) is 3.22. The molecule has 5 heteroatoms. The lowest BCUT2D eigenvalue weighted by Crippen LogP contribution is -2.24. The molecule has 1 atom stereocenters. The quantitative estimate of drug-likeness (QED) is 0.757. The number of carbonyl (C=O) groups excluding carboxylic acids is 1. The first kappa shape index (κ1) is 15.4. The van der Waals surface area contributed by atoms with Gasteiger partial charge in [0.05, 0.1) is 5.25 Å². The van der Waals surface area contributed by atoms with Crippen LogP contribution in [0.3, 0.4) is 0 Å². The summed E-state index contributed by atoms with van der Waals surface area (Å²) in [5.74, 6) is 0.0387. The summed E-state index contributed by atoms with van der Waals surface area (Å²) in [6.07, 6.45) is 3.48. The summed E-state index contributed by atoms with van der Waals surface area (Å²) in [6.45, 7) is 0. The summed E-state index contributed by atoms with van der Waals surface area (Å²) >= 11 is 3.18. The molecule has 1 amide bonds. The second-order valence-corrected chi connectivity index (χ2v) is 8.06. The highest BCUT2D eigenvalue weighted by atomic mass is 32.2. The summed E-state index contributed by atoms with van der Waals surface area (Å²) in [5, 5.41) is 3.59. The second kappa shape index (κ2) is 6.79. The Labute approximate surface area is 149 Å². The minimum Gasteiger partial charge on any atom is -0.301 e. The van der Waals surface area contributed by atoms with Crippen molar-refractivity contribution in [3.8, 4) is 0 Å². The van der Waals surface area contributed by atoms with Crippen LogP contribution in [0, 0.1) is 0 Å². The maximum absolute atomic E-state index is 12.5. The van der Waals surface area contributed by atoms with Crippen molar-refractivity contribution < 1.29 is 4.79 Å². The van der Waals surface area contributed by atoms with Gasteiger partial charge in [0, 0.05) is 22.4 Å². The molecular formula is C19H16N2OS2. The van der Waals surface area contributed by atoms with E-state index >= 15 is 0 Å². The molecule has 0 fully saturated rings.